The van der Waals surface area contributed by atoms with E-state index in [0.29, 0.717) is 0 Å². The summed E-state index contributed by atoms with van der Waals surface area (Å²) < 4.78 is 57.8. The van der Waals surface area contributed by atoms with E-state index < -0.39 is 40.1 Å². The van der Waals surface area contributed by atoms with Crippen LogP contribution in [-0.4, -0.2) is 17.6 Å². The summed E-state index contributed by atoms with van der Waals surface area (Å²) in [6.07, 6.45) is 0.752. The van der Waals surface area contributed by atoms with Gasteiger partial charge in [0, 0.05) is 11.6 Å². The fraction of sp³-hybridized carbons (Fsp3) is 0.250. The number of halogens is 4. The van der Waals surface area contributed by atoms with Gasteiger partial charge in [0.05, 0.1) is 18.5 Å². The summed E-state index contributed by atoms with van der Waals surface area (Å²) in [6.45, 7) is 1.71. The zero-order valence-corrected chi connectivity index (χ0v) is 9.82. The minimum Gasteiger partial charge on any atom is -0.466 e. The SMILES string of the molecule is CCOC(=O)Cc1c[nH]c2c(F)c(F)c(F)c(F)c12. The Balaban J connectivity index is 2.57. The molecule has 0 fully saturated rings. The van der Waals surface area contributed by atoms with Crippen molar-refractivity contribution >= 4 is 16.9 Å². The number of esters is 1. The predicted octanol–water partition coefficient (Wildman–Crippen LogP) is 2.83. The molecule has 0 bridgehead atoms. The lowest BCUT2D eigenvalue weighted by Crippen LogP contribution is -2.07. The number of fused-ring (bicyclic) bond motifs is 1. The fourth-order valence-corrected chi connectivity index (χ4v) is 1.81. The molecule has 0 aliphatic heterocycles. The summed E-state index contributed by atoms with van der Waals surface area (Å²) in [5.74, 6) is -7.53. The average Bonchev–Trinajstić information content (AvgIpc) is 2.78. The van der Waals surface area contributed by atoms with Crippen molar-refractivity contribution in [2.45, 2.75) is 13.3 Å². The Bertz CT molecular complexity index is 651. The van der Waals surface area contributed by atoms with E-state index in [4.69, 9.17) is 0 Å². The monoisotopic (exact) mass is 275 g/mol. The van der Waals surface area contributed by atoms with Crippen LogP contribution in [0.2, 0.25) is 0 Å². The number of H-pyrrole nitrogens is 1. The van der Waals surface area contributed by atoms with Crippen LogP contribution in [0.1, 0.15) is 12.5 Å². The number of benzene rings is 1. The van der Waals surface area contributed by atoms with Crippen molar-refractivity contribution in [3.8, 4) is 0 Å². The molecule has 1 aromatic heterocycles. The van der Waals surface area contributed by atoms with Crippen LogP contribution in [0, 0.1) is 23.3 Å². The Morgan fingerprint density at radius 2 is 1.79 bits per heavy atom. The highest BCUT2D eigenvalue weighted by Gasteiger charge is 2.24. The highest BCUT2D eigenvalue weighted by molar-refractivity contribution is 5.88. The summed E-state index contributed by atoms with van der Waals surface area (Å²) in [5, 5.41) is -0.482. The van der Waals surface area contributed by atoms with E-state index in [1.54, 1.807) is 6.92 Å². The molecule has 19 heavy (non-hydrogen) atoms. The third kappa shape index (κ3) is 2.16. The topological polar surface area (TPSA) is 42.1 Å². The lowest BCUT2D eigenvalue weighted by Gasteiger charge is -2.03. The summed E-state index contributed by atoms with van der Waals surface area (Å²) in [7, 11) is 0. The molecule has 2 rings (SSSR count). The third-order valence-electron chi connectivity index (χ3n) is 2.62. The van der Waals surface area contributed by atoms with E-state index in [9.17, 15) is 22.4 Å². The van der Waals surface area contributed by atoms with Gasteiger partial charge in [-0.1, -0.05) is 0 Å². The molecule has 3 nitrogen and oxygen atoms in total. The van der Waals surface area contributed by atoms with E-state index >= 15 is 0 Å². The average molecular weight is 275 g/mol. The Kier molecular flexibility index (Phi) is 3.46. The van der Waals surface area contributed by atoms with Crippen LogP contribution < -0.4 is 0 Å². The van der Waals surface area contributed by atoms with Gasteiger partial charge >= 0.3 is 5.97 Å². The smallest absolute Gasteiger partial charge is 0.310 e. The van der Waals surface area contributed by atoms with Crippen LogP contribution in [0.25, 0.3) is 10.9 Å². The molecule has 7 heteroatoms. The van der Waals surface area contributed by atoms with Crippen LogP contribution >= 0.6 is 0 Å². The van der Waals surface area contributed by atoms with Crippen LogP contribution in [0.5, 0.6) is 0 Å². The molecule has 102 valence electrons. The fourth-order valence-electron chi connectivity index (χ4n) is 1.81. The largest absolute Gasteiger partial charge is 0.466 e. The van der Waals surface area contributed by atoms with Crippen molar-refractivity contribution in [2.24, 2.45) is 0 Å². The van der Waals surface area contributed by atoms with Crippen LogP contribution in [0.4, 0.5) is 17.6 Å². The molecule has 0 saturated carbocycles. The maximum absolute atomic E-state index is 13.6. The number of nitrogens with one attached hydrogen (secondary N) is 1. The Labute approximate surface area is 105 Å². The first-order valence-electron chi connectivity index (χ1n) is 5.44. The van der Waals surface area contributed by atoms with E-state index in [2.05, 4.69) is 9.72 Å². The standard InChI is InChI=1S/C12H9F4NO2/c1-2-19-6(18)3-5-4-17-12-7(5)8(13)9(14)10(15)11(12)16/h4,17H,2-3H2,1H3. The molecular formula is C12H9F4NO2. The van der Waals surface area contributed by atoms with Gasteiger partial charge in [-0.15, -0.1) is 0 Å². The Morgan fingerprint density at radius 1 is 1.16 bits per heavy atom. The van der Waals surface area contributed by atoms with Crippen molar-refractivity contribution in [2.75, 3.05) is 6.61 Å². The number of aromatic nitrogens is 1. The normalized spacial score (nSPS) is 11.0. The molecule has 0 atom stereocenters. The molecule has 0 spiro atoms. The van der Waals surface area contributed by atoms with Crippen molar-refractivity contribution < 1.29 is 27.1 Å². The Morgan fingerprint density at radius 3 is 2.42 bits per heavy atom. The first-order chi connectivity index (χ1) is 8.97. The van der Waals surface area contributed by atoms with Gasteiger partial charge in [0.25, 0.3) is 0 Å². The van der Waals surface area contributed by atoms with E-state index in [0.717, 1.165) is 6.20 Å². The number of carbonyl (C=O) groups is 1. The number of rotatable bonds is 3. The minimum atomic E-state index is -1.91. The maximum atomic E-state index is 13.6. The third-order valence-corrected chi connectivity index (χ3v) is 2.62. The van der Waals surface area contributed by atoms with Gasteiger partial charge in [0.2, 0.25) is 0 Å². The number of ether oxygens (including phenoxy) is 1. The number of hydrogen-bond donors (Lipinski definition) is 1. The number of carbonyl (C=O) groups excluding carboxylic acids is 1. The van der Waals surface area contributed by atoms with Gasteiger partial charge in [-0.2, -0.15) is 0 Å². The molecule has 1 aromatic carbocycles. The second-order valence-electron chi connectivity index (χ2n) is 3.80. The molecule has 1 heterocycles. The number of hydrogen-bond acceptors (Lipinski definition) is 2. The van der Waals surface area contributed by atoms with Crippen LogP contribution in [0.15, 0.2) is 6.20 Å². The van der Waals surface area contributed by atoms with Crippen molar-refractivity contribution in [3.63, 3.8) is 0 Å². The molecular weight excluding hydrogens is 266 g/mol. The summed E-state index contributed by atoms with van der Waals surface area (Å²) in [6, 6.07) is 0. The van der Waals surface area contributed by atoms with Gasteiger partial charge < -0.3 is 9.72 Å². The van der Waals surface area contributed by atoms with Gasteiger partial charge in [0.1, 0.15) is 0 Å². The van der Waals surface area contributed by atoms with Gasteiger partial charge in [-0.05, 0) is 12.5 Å². The van der Waals surface area contributed by atoms with E-state index in [1.807, 2.05) is 0 Å². The lowest BCUT2D eigenvalue weighted by atomic mass is 10.1. The molecule has 1 N–H and O–H groups in total. The lowest BCUT2D eigenvalue weighted by molar-refractivity contribution is -0.142. The quantitative estimate of drug-likeness (QED) is 0.405. The molecule has 0 radical (unpaired) electrons. The molecule has 2 aromatic rings. The number of aromatic amines is 1. The molecule has 0 aliphatic carbocycles. The maximum Gasteiger partial charge on any atom is 0.310 e. The molecule has 0 unspecified atom stereocenters. The van der Waals surface area contributed by atoms with Crippen molar-refractivity contribution in [1.82, 2.24) is 4.98 Å². The van der Waals surface area contributed by atoms with Gasteiger partial charge in [-0.25, -0.2) is 17.6 Å². The second-order valence-corrected chi connectivity index (χ2v) is 3.80. The Hall–Kier alpha value is -2.05. The summed E-state index contributed by atoms with van der Waals surface area (Å²) in [5.41, 5.74) is -0.514. The highest BCUT2D eigenvalue weighted by atomic mass is 19.2. The summed E-state index contributed by atoms with van der Waals surface area (Å²) >= 11 is 0. The van der Waals surface area contributed by atoms with Crippen LogP contribution in [-0.2, 0) is 16.0 Å². The van der Waals surface area contributed by atoms with E-state index in [1.165, 1.54) is 0 Å². The highest BCUT2D eigenvalue weighted by Crippen LogP contribution is 2.29. The summed E-state index contributed by atoms with van der Waals surface area (Å²) in [4.78, 5) is 13.6. The second kappa shape index (κ2) is 4.91. The van der Waals surface area contributed by atoms with Crippen LogP contribution in [0.3, 0.4) is 0 Å². The minimum absolute atomic E-state index is 0.00347. The van der Waals surface area contributed by atoms with Crippen molar-refractivity contribution in [3.05, 3.63) is 35.0 Å². The zero-order chi connectivity index (χ0) is 14.2. The zero-order valence-electron chi connectivity index (χ0n) is 9.82. The van der Waals surface area contributed by atoms with Gasteiger partial charge in [-0.3, -0.25) is 4.79 Å². The molecule has 0 aliphatic rings. The predicted molar refractivity (Wildman–Crippen MR) is 58.5 cm³/mol. The molecule has 0 amide bonds. The van der Waals surface area contributed by atoms with Crippen molar-refractivity contribution in [1.29, 1.82) is 0 Å². The first kappa shape index (κ1) is 13.4. The molecule has 0 saturated heterocycles. The first-order valence-corrected chi connectivity index (χ1v) is 5.44. The van der Waals surface area contributed by atoms with E-state index in [-0.39, 0.29) is 18.6 Å². The van der Waals surface area contributed by atoms with Gasteiger partial charge in [0.15, 0.2) is 23.3 Å².